The first-order chi connectivity index (χ1) is 12.5. The minimum atomic E-state index is -0.508. The van der Waals surface area contributed by atoms with E-state index in [0.717, 1.165) is 31.6 Å². The number of hydrogen-bond donors (Lipinski definition) is 2. The van der Waals surface area contributed by atoms with Gasteiger partial charge in [0.2, 0.25) is 0 Å². The quantitative estimate of drug-likeness (QED) is 0.316. The number of nitrogens with one attached hydrogen (secondary N) is 2. The average molecular weight is 375 g/mol. The first kappa shape index (κ1) is 19.9. The molecule has 1 aromatic carbocycles. The van der Waals surface area contributed by atoms with E-state index in [0.29, 0.717) is 17.9 Å². The molecule has 1 heterocycles. The zero-order valence-electron chi connectivity index (χ0n) is 15.4. The lowest BCUT2D eigenvalue weighted by Gasteiger charge is -2.23. The summed E-state index contributed by atoms with van der Waals surface area (Å²) in [7, 11) is 0. The molecule has 0 saturated carbocycles. The number of rotatable bonds is 8. The lowest BCUT2D eigenvalue weighted by molar-refractivity contribution is -0.123. The van der Waals surface area contributed by atoms with Crippen molar-refractivity contribution in [1.29, 1.82) is 0 Å². The number of thiocarbonyl (C=S) groups is 1. The van der Waals surface area contributed by atoms with Crippen LogP contribution in [0.4, 0.5) is 5.69 Å². The van der Waals surface area contributed by atoms with Gasteiger partial charge < -0.3 is 9.64 Å². The van der Waals surface area contributed by atoms with Gasteiger partial charge >= 0.3 is 0 Å². The van der Waals surface area contributed by atoms with Crippen LogP contribution in [0.25, 0.3) is 6.08 Å². The molecule has 7 heteroatoms. The SMILES string of the molecule is CCCCOc1cc(N(CC)CC)ccc1C=C1C(=O)NC(=S)NC1=O. The summed E-state index contributed by atoms with van der Waals surface area (Å²) < 4.78 is 5.93. The van der Waals surface area contributed by atoms with Gasteiger partial charge in [-0.3, -0.25) is 20.2 Å². The van der Waals surface area contributed by atoms with E-state index < -0.39 is 11.8 Å². The number of anilines is 1. The number of unbranched alkanes of at least 4 members (excludes halogenated alkanes) is 1. The van der Waals surface area contributed by atoms with Gasteiger partial charge in [0, 0.05) is 30.4 Å². The van der Waals surface area contributed by atoms with E-state index in [1.54, 1.807) is 6.08 Å². The van der Waals surface area contributed by atoms with Gasteiger partial charge in [0.15, 0.2) is 5.11 Å². The Morgan fingerprint density at radius 3 is 2.35 bits per heavy atom. The Hall–Kier alpha value is -2.41. The largest absolute Gasteiger partial charge is 0.493 e. The number of hydrogen-bond acceptors (Lipinski definition) is 5. The van der Waals surface area contributed by atoms with Crippen molar-refractivity contribution >= 4 is 40.9 Å². The monoisotopic (exact) mass is 375 g/mol. The number of nitrogens with zero attached hydrogens (tertiary/aromatic N) is 1. The van der Waals surface area contributed by atoms with Crippen molar-refractivity contribution < 1.29 is 14.3 Å². The van der Waals surface area contributed by atoms with Crippen molar-refractivity contribution in [1.82, 2.24) is 10.6 Å². The molecule has 140 valence electrons. The lowest BCUT2D eigenvalue weighted by atomic mass is 10.1. The normalized spacial score (nSPS) is 14.0. The van der Waals surface area contributed by atoms with E-state index in [1.165, 1.54) is 0 Å². The van der Waals surface area contributed by atoms with Crippen molar-refractivity contribution in [3.05, 3.63) is 29.3 Å². The third-order valence-corrected chi connectivity index (χ3v) is 4.33. The molecule has 1 aliphatic heterocycles. The summed E-state index contributed by atoms with van der Waals surface area (Å²) in [4.78, 5) is 26.4. The van der Waals surface area contributed by atoms with Crippen LogP contribution in [0.2, 0.25) is 0 Å². The maximum absolute atomic E-state index is 12.1. The summed E-state index contributed by atoms with van der Waals surface area (Å²) in [6.45, 7) is 8.63. The molecule has 1 aromatic rings. The Balaban J connectivity index is 2.39. The Kier molecular flexibility index (Phi) is 7.15. The minimum Gasteiger partial charge on any atom is -0.493 e. The van der Waals surface area contributed by atoms with Crippen LogP contribution in [-0.2, 0) is 9.59 Å². The highest BCUT2D eigenvalue weighted by molar-refractivity contribution is 7.80. The number of ether oxygens (including phenoxy) is 1. The summed E-state index contributed by atoms with van der Waals surface area (Å²) in [5.74, 6) is -0.360. The van der Waals surface area contributed by atoms with E-state index in [4.69, 9.17) is 17.0 Å². The molecule has 1 saturated heterocycles. The van der Waals surface area contributed by atoms with Gasteiger partial charge in [-0.2, -0.15) is 0 Å². The minimum absolute atomic E-state index is 0.00882. The van der Waals surface area contributed by atoms with E-state index >= 15 is 0 Å². The highest BCUT2D eigenvalue weighted by Crippen LogP contribution is 2.28. The summed E-state index contributed by atoms with van der Waals surface area (Å²) in [5, 5.41) is 4.91. The molecule has 1 fully saturated rings. The molecule has 1 aliphatic rings. The lowest BCUT2D eigenvalue weighted by Crippen LogP contribution is -2.51. The van der Waals surface area contributed by atoms with E-state index in [9.17, 15) is 9.59 Å². The summed E-state index contributed by atoms with van der Waals surface area (Å²) in [5.41, 5.74) is 1.74. The molecule has 0 atom stereocenters. The van der Waals surface area contributed by atoms with Gasteiger partial charge in [-0.15, -0.1) is 0 Å². The van der Waals surface area contributed by atoms with Crippen LogP contribution in [0.1, 0.15) is 39.2 Å². The summed E-state index contributed by atoms with van der Waals surface area (Å²) >= 11 is 4.82. The van der Waals surface area contributed by atoms with Crippen LogP contribution in [0.3, 0.4) is 0 Å². The molecule has 6 nitrogen and oxygen atoms in total. The zero-order chi connectivity index (χ0) is 19.1. The smallest absolute Gasteiger partial charge is 0.263 e. The summed E-state index contributed by atoms with van der Waals surface area (Å²) in [6.07, 6.45) is 3.49. The van der Waals surface area contributed by atoms with Crippen molar-refractivity contribution in [2.75, 3.05) is 24.6 Å². The molecule has 0 unspecified atom stereocenters. The third-order valence-electron chi connectivity index (χ3n) is 4.12. The molecule has 2 N–H and O–H groups in total. The Morgan fingerprint density at radius 2 is 1.77 bits per heavy atom. The molecular formula is C19H25N3O3S. The highest BCUT2D eigenvalue weighted by Gasteiger charge is 2.26. The number of carbonyl (C=O) groups is 2. The van der Waals surface area contributed by atoms with Gasteiger partial charge in [-0.25, -0.2) is 0 Å². The average Bonchev–Trinajstić information content (AvgIpc) is 2.60. The van der Waals surface area contributed by atoms with Crippen molar-refractivity contribution in [3.8, 4) is 5.75 Å². The van der Waals surface area contributed by atoms with Crippen molar-refractivity contribution in [3.63, 3.8) is 0 Å². The topological polar surface area (TPSA) is 70.7 Å². The maximum atomic E-state index is 12.1. The fourth-order valence-electron chi connectivity index (χ4n) is 2.64. The van der Waals surface area contributed by atoms with Crippen molar-refractivity contribution in [2.45, 2.75) is 33.6 Å². The van der Waals surface area contributed by atoms with Crippen molar-refractivity contribution in [2.24, 2.45) is 0 Å². The standard InChI is InChI=1S/C19H25N3O3S/c1-4-7-10-25-16-12-14(22(5-2)6-3)9-8-13(16)11-15-17(23)20-19(26)21-18(15)24/h8-9,11-12H,4-7,10H2,1-3H3,(H2,20,21,23,24,26). The second-order valence-electron chi connectivity index (χ2n) is 5.89. The molecule has 0 spiro atoms. The Labute approximate surface area is 159 Å². The fraction of sp³-hybridized carbons (Fsp3) is 0.421. The van der Waals surface area contributed by atoms with Gasteiger partial charge in [0.25, 0.3) is 11.8 Å². The Morgan fingerprint density at radius 1 is 1.12 bits per heavy atom. The van der Waals surface area contributed by atoms with E-state index in [2.05, 4.69) is 36.3 Å². The van der Waals surface area contributed by atoms with Crippen LogP contribution in [0.5, 0.6) is 5.75 Å². The molecule has 2 amide bonds. The molecule has 0 aliphatic carbocycles. The van der Waals surface area contributed by atoms with Crippen LogP contribution < -0.4 is 20.3 Å². The highest BCUT2D eigenvalue weighted by atomic mass is 32.1. The third kappa shape index (κ3) is 4.82. The maximum Gasteiger partial charge on any atom is 0.263 e. The van der Waals surface area contributed by atoms with Gasteiger partial charge in [-0.05, 0) is 50.7 Å². The molecule has 0 aromatic heterocycles. The fourth-order valence-corrected chi connectivity index (χ4v) is 2.83. The number of benzene rings is 1. The predicted molar refractivity (Wildman–Crippen MR) is 107 cm³/mol. The molecule has 26 heavy (non-hydrogen) atoms. The first-order valence-corrected chi connectivity index (χ1v) is 9.31. The number of amides is 2. The molecular weight excluding hydrogens is 350 g/mol. The molecule has 0 bridgehead atoms. The van der Waals surface area contributed by atoms with Crippen LogP contribution >= 0.6 is 12.2 Å². The van der Waals surface area contributed by atoms with Crippen LogP contribution in [-0.4, -0.2) is 36.6 Å². The predicted octanol–water partition coefficient (Wildman–Crippen LogP) is 2.63. The van der Waals surface area contributed by atoms with Gasteiger partial charge in [0.05, 0.1) is 6.61 Å². The van der Waals surface area contributed by atoms with Gasteiger partial charge in [-0.1, -0.05) is 13.3 Å². The molecule has 2 rings (SSSR count). The molecule has 0 radical (unpaired) electrons. The Bertz CT molecular complexity index is 705. The van der Waals surface area contributed by atoms with Gasteiger partial charge in [0.1, 0.15) is 11.3 Å². The number of carbonyl (C=O) groups excluding carboxylic acids is 2. The van der Waals surface area contributed by atoms with Crippen LogP contribution in [0, 0.1) is 0 Å². The second-order valence-corrected chi connectivity index (χ2v) is 6.30. The first-order valence-electron chi connectivity index (χ1n) is 8.90. The summed E-state index contributed by atoms with van der Waals surface area (Å²) in [6, 6.07) is 5.79. The van der Waals surface area contributed by atoms with E-state index in [1.807, 2.05) is 18.2 Å². The van der Waals surface area contributed by atoms with Crippen LogP contribution in [0.15, 0.2) is 23.8 Å². The second kappa shape index (κ2) is 9.33. The zero-order valence-corrected chi connectivity index (χ0v) is 16.2. The van der Waals surface area contributed by atoms with E-state index in [-0.39, 0.29) is 10.7 Å².